The van der Waals surface area contributed by atoms with E-state index in [2.05, 4.69) is 22.1 Å². The Labute approximate surface area is 166 Å². The normalized spacial score (nSPS) is 15.7. The van der Waals surface area contributed by atoms with Gasteiger partial charge in [0.1, 0.15) is 11.9 Å². The van der Waals surface area contributed by atoms with Crippen LogP contribution in [-0.2, 0) is 0 Å². The van der Waals surface area contributed by atoms with E-state index in [-0.39, 0.29) is 12.8 Å². The molecule has 2 N–H and O–H groups in total. The van der Waals surface area contributed by atoms with Crippen LogP contribution in [0, 0.1) is 11.8 Å². The van der Waals surface area contributed by atoms with E-state index in [9.17, 15) is 0 Å². The lowest BCUT2D eigenvalue weighted by Crippen LogP contribution is -2.36. The summed E-state index contributed by atoms with van der Waals surface area (Å²) in [5.74, 6) is 6.68. The van der Waals surface area contributed by atoms with Gasteiger partial charge in [-0.05, 0) is 37.4 Å². The topological polar surface area (TPSA) is 83.0 Å². The highest BCUT2D eigenvalue weighted by molar-refractivity contribution is 7.12. The highest BCUT2D eigenvalue weighted by atomic mass is 32.1. The number of rotatable bonds is 4. The van der Waals surface area contributed by atoms with E-state index in [4.69, 9.17) is 19.5 Å². The van der Waals surface area contributed by atoms with Gasteiger partial charge in [-0.25, -0.2) is 15.0 Å². The number of furan rings is 1. The molecule has 0 bridgehead atoms. The second-order valence-electron chi connectivity index (χ2n) is 5.99. The molecule has 0 spiro atoms. The van der Waals surface area contributed by atoms with Gasteiger partial charge in [0, 0.05) is 28.8 Å². The Hall–Kier alpha value is -3.05. The minimum atomic E-state index is -0.349. The SMILES string of the molecule is CNC1N=c2ncccc2=C(c2ccco2)N=C1c1cc(C#CCCO)cs1. The first-order valence-corrected chi connectivity index (χ1v) is 9.69. The molecule has 1 atom stereocenters. The number of aliphatic hydroxyl groups is 1. The average molecular weight is 390 g/mol. The van der Waals surface area contributed by atoms with E-state index >= 15 is 0 Å². The Morgan fingerprint density at radius 3 is 3.04 bits per heavy atom. The first-order chi connectivity index (χ1) is 13.8. The van der Waals surface area contributed by atoms with Crippen LogP contribution in [0.2, 0.25) is 0 Å². The predicted octanol–water partition coefficient (Wildman–Crippen LogP) is 1.29. The molecular formula is C21H18N4O2S. The van der Waals surface area contributed by atoms with E-state index in [1.807, 2.05) is 42.8 Å². The summed E-state index contributed by atoms with van der Waals surface area (Å²) >= 11 is 1.56. The number of aliphatic hydroxyl groups excluding tert-OH is 1. The van der Waals surface area contributed by atoms with Gasteiger partial charge in [-0.1, -0.05) is 11.8 Å². The van der Waals surface area contributed by atoms with Crippen LogP contribution >= 0.6 is 11.3 Å². The third kappa shape index (κ3) is 3.66. The fourth-order valence-corrected chi connectivity index (χ4v) is 3.71. The second kappa shape index (κ2) is 8.31. The number of fused-ring (bicyclic) bond motifs is 1. The molecule has 1 aliphatic rings. The van der Waals surface area contributed by atoms with E-state index in [1.54, 1.807) is 23.8 Å². The predicted molar refractivity (Wildman–Crippen MR) is 109 cm³/mol. The fourth-order valence-electron chi connectivity index (χ4n) is 2.86. The van der Waals surface area contributed by atoms with Crippen LogP contribution in [0.3, 0.4) is 0 Å². The zero-order valence-electron chi connectivity index (χ0n) is 15.2. The highest BCUT2D eigenvalue weighted by Crippen LogP contribution is 2.22. The van der Waals surface area contributed by atoms with Crippen LogP contribution in [-0.4, -0.2) is 35.6 Å². The van der Waals surface area contributed by atoms with Gasteiger partial charge >= 0.3 is 0 Å². The van der Waals surface area contributed by atoms with Crippen molar-refractivity contribution in [2.24, 2.45) is 9.98 Å². The van der Waals surface area contributed by atoms with Crippen LogP contribution in [0.5, 0.6) is 0 Å². The Morgan fingerprint density at radius 2 is 2.25 bits per heavy atom. The Bertz CT molecular complexity index is 1180. The Kier molecular flexibility index (Phi) is 5.44. The van der Waals surface area contributed by atoms with E-state index in [0.29, 0.717) is 23.4 Å². The molecule has 4 rings (SSSR count). The van der Waals surface area contributed by atoms with Crippen molar-refractivity contribution >= 4 is 22.7 Å². The van der Waals surface area contributed by atoms with Crippen molar-refractivity contribution in [1.82, 2.24) is 10.3 Å². The van der Waals surface area contributed by atoms with Crippen molar-refractivity contribution in [2.75, 3.05) is 13.7 Å². The number of aromatic nitrogens is 1. The molecule has 0 radical (unpaired) electrons. The van der Waals surface area contributed by atoms with Crippen LogP contribution in [0.4, 0.5) is 0 Å². The third-order valence-electron chi connectivity index (χ3n) is 4.13. The van der Waals surface area contributed by atoms with Crippen molar-refractivity contribution in [3.05, 3.63) is 75.1 Å². The number of hydrogen-bond acceptors (Lipinski definition) is 7. The van der Waals surface area contributed by atoms with E-state index in [0.717, 1.165) is 21.4 Å². The van der Waals surface area contributed by atoms with Gasteiger partial charge in [-0.3, -0.25) is 5.32 Å². The minimum absolute atomic E-state index is 0.0597. The summed E-state index contributed by atoms with van der Waals surface area (Å²) < 4.78 is 5.63. The summed E-state index contributed by atoms with van der Waals surface area (Å²) in [4.78, 5) is 15.1. The molecule has 0 amide bonds. The zero-order chi connectivity index (χ0) is 19.3. The van der Waals surface area contributed by atoms with Gasteiger partial charge in [-0.15, -0.1) is 11.3 Å². The van der Waals surface area contributed by atoms with Crippen molar-refractivity contribution in [1.29, 1.82) is 0 Å². The number of aliphatic imine (C=N–C) groups is 1. The van der Waals surface area contributed by atoms with Crippen LogP contribution in [0.25, 0.3) is 5.70 Å². The standard InChI is InChI=1S/C21H18N4O2S/c1-22-21-19(17-12-14(13-28-17)6-2-3-10-26)24-18(16-8-5-11-27-16)15-7-4-9-23-20(15)25-21/h4-5,7-9,11-13,21-22,26H,3,10H2,1H3. The largest absolute Gasteiger partial charge is 0.463 e. The molecule has 6 nitrogen and oxygen atoms in total. The summed E-state index contributed by atoms with van der Waals surface area (Å²) in [5.41, 5.74) is 3.00. The molecule has 3 aromatic heterocycles. The molecule has 0 aliphatic carbocycles. The lowest BCUT2D eigenvalue weighted by molar-refractivity contribution is 0.305. The molecular weight excluding hydrogens is 372 g/mol. The van der Waals surface area contributed by atoms with E-state index in [1.165, 1.54) is 0 Å². The monoisotopic (exact) mass is 390 g/mol. The fraction of sp³-hybridized carbons (Fsp3) is 0.190. The molecule has 0 aromatic carbocycles. The first kappa shape index (κ1) is 18.3. The smallest absolute Gasteiger partial charge is 0.158 e. The van der Waals surface area contributed by atoms with E-state index < -0.39 is 0 Å². The van der Waals surface area contributed by atoms with Crippen molar-refractivity contribution in [2.45, 2.75) is 12.6 Å². The van der Waals surface area contributed by atoms with Crippen LogP contribution < -0.4 is 16.0 Å². The summed E-state index contributed by atoms with van der Waals surface area (Å²) in [5, 5.41) is 14.9. The molecule has 4 heterocycles. The number of likely N-dealkylation sites (N-methyl/N-ethyl adjacent to an activating group) is 1. The number of thiophene rings is 1. The summed E-state index contributed by atoms with van der Waals surface area (Å²) in [7, 11) is 1.85. The Balaban J connectivity index is 1.88. The number of hydrogen-bond donors (Lipinski definition) is 2. The molecule has 3 aromatic rings. The van der Waals surface area contributed by atoms with Crippen molar-refractivity contribution in [3.8, 4) is 11.8 Å². The van der Waals surface area contributed by atoms with Gasteiger partial charge in [-0.2, -0.15) is 0 Å². The second-order valence-corrected chi connectivity index (χ2v) is 6.90. The van der Waals surface area contributed by atoms with Crippen molar-refractivity contribution < 1.29 is 9.52 Å². The maximum atomic E-state index is 8.90. The first-order valence-electron chi connectivity index (χ1n) is 8.81. The third-order valence-corrected chi connectivity index (χ3v) is 5.09. The number of nitrogens with zero attached hydrogens (tertiary/aromatic N) is 3. The minimum Gasteiger partial charge on any atom is -0.463 e. The van der Waals surface area contributed by atoms with Gasteiger partial charge in [0.25, 0.3) is 0 Å². The molecule has 1 aliphatic heterocycles. The molecule has 0 fully saturated rings. The molecule has 7 heteroatoms. The van der Waals surface area contributed by atoms with Gasteiger partial charge < -0.3 is 9.52 Å². The average Bonchev–Trinajstić information content (AvgIpc) is 3.38. The number of nitrogens with one attached hydrogen (secondary N) is 1. The lowest BCUT2D eigenvalue weighted by Gasteiger charge is -2.12. The van der Waals surface area contributed by atoms with Crippen LogP contribution in [0.1, 0.15) is 22.6 Å². The Morgan fingerprint density at radius 1 is 1.32 bits per heavy atom. The molecule has 1 unspecified atom stereocenters. The lowest BCUT2D eigenvalue weighted by atomic mass is 10.2. The molecule has 0 saturated heterocycles. The highest BCUT2D eigenvalue weighted by Gasteiger charge is 2.22. The van der Waals surface area contributed by atoms with Gasteiger partial charge in [0.2, 0.25) is 0 Å². The number of pyridine rings is 1. The summed E-state index contributed by atoms with van der Waals surface area (Å²) in [6.07, 6.45) is 3.46. The summed E-state index contributed by atoms with van der Waals surface area (Å²) in [6, 6.07) is 9.53. The quantitative estimate of drug-likeness (QED) is 0.658. The van der Waals surface area contributed by atoms with Crippen LogP contribution in [0.15, 0.2) is 62.6 Å². The maximum absolute atomic E-state index is 8.90. The summed E-state index contributed by atoms with van der Waals surface area (Å²) in [6.45, 7) is 0.0597. The van der Waals surface area contributed by atoms with Crippen molar-refractivity contribution in [3.63, 3.8) is 0 Å². The molecule has 28 heavy (non-hydrogen) atoms. The zero-order valence-corrected chi connectivity index (χ0v) is 16.0. The van der Waals surface area contributed by atoms with Gasteiger partial charge in [0.05, 0.1) is 23.5 Å². The van der Waals surface area contributed by atoms with Gasteiger partial charge in [0.15, 0.2) is 11.2 Å². The molecule has 140 valence electrons. The maximum Gasteiger partial charge on any atom is 0.158 e. The molecule has 0 saturated carbocycles.